The number of fused-ring (bicyclic) bond motifs is 1. The molecule has 7 heteroatoms. The van der Waals surface area contributed by atoms with E-state index in [1.807, 2.05) is 30.6 Å². The van der Waals surface area contributed by atoms with Gasteiger partial charge in [-0.25, -0.2) is 9.97 Å². The second-order valence-electron chi connectivity index (χ2n) is 6.22. The highest BCUT2D eigenvalue weighted by molar-refractivity contribution is 7.14. The van der Waals surface area contributed by atoms with Gasteiger partial charge in [-0.3, -0.25) is 0 Å². The Morgan fingerprint density at radius 2 is 1.81 bits per heavy atom. The van der Waals surface area contributed by atoms with Crippen LogP contribution in [0.3, 0.4) is 0 Å². The fourth-order valence-corrected chi connectivity index (χ4v) is 3.72. The van der Waals surface area contributed by atoms with E-state index >= 15 is 0 Å². The largest absolute Gasteiger partial charge is 0.493 e. The maximum Gasteiger partial charge on any atom is 0.187 e. The first-order chi connectivity index (χ1) is 13.1. The fourth-order valence-electron chi connectivity index (χ4n) is 3.01. The number of hydrogen-bond acceptors (Lipinski definition) is 6. The molecule has 4 rings (SSSR count). The summed E-state index contributed by atoms with van der Waals surface area (Å²) in [7, 11) is 5.26. The molecule has 2 aromatic carbocycles. The number of benzene rings is 2. The van der Waals surface area contributed by atoms with Crippen molar-refractivity contribution in [2.75, 3.05) is 19.5 Å². The van der Waals surface area contributed by atoms with Gasteiger partial charge < -0.3 is 19.4 Å². The predicted octanol–water partition coefficient (Wildman–Crippen LogP) is 4.77. The van der Waals surface area contributed by atoms with Crippen LogP contribution in [0.15, 0.2) is 41.8 Å². The van der Waals surface area contributed by atoms with Crippen molar-refractivity contribution in [1.82, 2.24) is 14.5 Å². The number of imidazole rings is 1. The van der Waals surface area contributed by atoms with Crippen LogP contribution in [-0.2, 0) is 7.05 Å². The van der Waals surface area contributed by atoms with Crippen LogP contribution in [0.1, 0.15) is 5.56 Å². The van der Waals surface area contributed by atoms with Gasteiger partial charge in [-0.2, -0.15) is 0 Å². The molecule has 0 saturated heterocycles. The molecule has 0 atom stereocenters. The summed E-state index contributed by atoms with van der Waals surface area (Å²) in [5.74, 6) is 2.22. The topological polar surface area (TPSA) is 61.2 Å². The molecule has 0 amide bonds. The Kier molecular flexibility index (Phi) is 4.45. The number of anilines is 2. The minimum absolute atomic E-state index is 0.671. The monoisotopic (exact) mass is 380 g/mol. The number of ether oxygens (including phenoxy) is 2. The molecule has 0 saturated carbocycles. The van der Waals surface area contributed by atoms with Gasteiger partial charge in [-0.05, 0) is 36.8 Å². The standard InChI is InChI=1S/C20H20N4O2S/c1-12-5-7-16-14(9-12)22-19(24(16)2)15-11-27-20(23-15)21-13-6-8-17(25-3)18(10-13)26-4/h5-11H,1-4H3,(H,21,23). The summed E-state index contributed by atoms with van der Waals surface area (Å²) < 4.78 is 12.7. The molecule has 4 aromatic rings. The van der Waals surface area contributed by atoms with Crippen molar-refractivity contribution in [3.05, 3.63) is 47.3 Å². The maximum absolute atomic E-state index is 5.35. The van der Waals surface area contributed by atoms with E-state index in [0.29, 0.717) is 11.5 Å². The van der Waals surface area contributed by atoms with E-state index in [-0.39, 0.29) is 0 Å². The quantitative estimate of drug-likeness (QED) is 0.541. The third-order valence-corrected chi connectivity index (χ3v) is 5.16. The molecule has 0 unspecified atom stereocenters. The first-order valence-corrected chi connectivity index (χ1v) is 9.35. The Bertz CT molecular complexity index is 1120. The summed E-state index contributed by atoms with van der Waals surface area (Å²) in [6.45, 7) is 2.07. The molecule has 0 aliphatic heterocycles. The van der Waals surface area contributed by atoms with Gasteiger partial charge in [0.2, 0.25) is 0 Å². The van der Waals surface area contributed by atoms with E-state index < -0.39 is 0 Å². The number of aromatic nitrogens is 3. The molecule has 0 radical (unpaired) electrons. The van der Waals surface area contributed by atoms with Crippen molar-refractivity contribution in [2.24, 2.45) is 7.05 Å². The number of nitrogens with zero attached hydrogens (tertiary/aromatic N) is 3. The van der Waals surface area contributed by atoms with Crippen molar-refractivity contribution in [2.45, 2.75) is 6.92 Å². The van der Waals surface area contributed by atoms with E-state index in [9.17, 15) is 0 Å². The average Bonchev–Trinajstić information content (AvgIpc) is 3.25. The SMILES string of the molecule is COc1ccc(Nc2nc(-c3nc4cc(C)ccc4n3C)cs2)cc1OC. The fraction of sp³-hybridized carbons (Fsp3) is 0.200. The molecular formula is C20H20N4O2S. The molecule has 2 heterocycles. The predicted molar refractivity (Wildman–Crippen MR) is 109 cm³/mol. The molecule has 6 nitrogen and oxygen atoms in total. The zero-order chi connectivity index (χ0) is 19.0. The molecule has 0 aliphatic carbocycles. The van der Waals surface area contributed by atoms with Crippen LogP contribution in [0.25, 0.3) is 22.6 Å². The summed E-state index contributed by atoms with van der Waals surface area (Å²) in [4.78, 5) is 9.46. The number of aryl methyl sites for hydroxylation is 2. The average molecular weight is 380 g/mol. The van der Waals surface area contributed by atoms with Crippen molar-refractivity contribution in [1.29, 1.82) is 0 Å². The van der Waals surface area contributed by atoms with Gasteiger partial charge in [0.25, 0.3) is 0 Å². The van der Waals surface area contributed by atoms with Crippen molar-refractivity contribution >= 4 is 33.2 Å². The van der Waals surface area contributed by atoms with Gasteiger partial charge >= 0.3 is 0 Å². The number of rotatable bonds is 5. The highest BCUT2D eigenvalue weighted by atomic mass is 32.1. The van der Waals surface area contributed by atoms with Crippen LogP contribution >= 0.6 is 11.3 Å². The molecule has 0 aliphatic rings. The van der Waals surface area contributed by atoms with Gasteiger partial charge in [0, 0.05) is 24.2 Å². The van der Waals surface area contributed by atoms with Gasteiger partial charge in [-0.1, -0.05) is 6.07 Å². The zero-order valence-corrected chi connectivity index (χ0v) is 16.4. The lowest BCUT2D eigenvalue weighted by Crippen LogP contribution is -1.95. The van der Waals surface area contributed by atoms with E-state index in [4.69, 9.17) is 19.4 Å². The molecule has 0 bridgehead atoms. The van der Waals surface area contributed by atoms with Crippen LogP contribution in [0.5, 0.6) is 11.5 Å². The Balaban J connectivity index is 1.63. The van der Waals surface area contributed by atoms with Gasteiger partial charge in [0.05, 0.1) is 25.3 Å². The minimum atomic E-state index is 0.671. The van der Waals surface area contributed by atoms with Crippen LogP contribution < -0.4 is 14.8 Å². The first-order valence-electron chi connectivity index (χ1n) is 8.47. The van der Waals surface area contributed by atoms with Crippen molar-refractivity contribution in [3.8, 4) is 23.0 Å². The Labute approximate surface area is 161 Å². The van der Waals surface area contributed by atoms with Crippen LogP contribution in [0.2, 0.25) is 0 Å². The van der Waals surface area contributed by atoms with E-state index in [1.54, 1.807) is 14.2 Å². The van der Waals surface area contributed by atoms with E-state index in [2.05, 4.69) is 35.0 Å². The number of thiazole rings is 1. The highest BCUT2D eigenvalue weighted by Gasteiger charge is 2.14. The zero-order valence-electron chi connectivity index (χ0n) is 15.6. The second kappa shape index (κ2) is 6.92. The molecule has 0 spiro atoms. The minimum Gasteiger partial charge on any atom is -0.493 e. The number of nitrogens with one attached hydrogen (secondary N) is 1. The van der Waals surface area contributed by atoms with Gasteiger partial charge in [-0.15, -0.1) is 11.3 Å². The number of methoxy groups -OCH3 is 2. The molecule has 138 valence electrons. The summed E-state index contributed by atoms with van der Waals surface area (Å²) in [6, 6.07) is 12.0. The second-order valence-corrected chi connectivity index (χ2v) is 7.08. The van der Waals surface area contributed by atoms with Crippen LogP contribution in [0, 0.1) is 6.92 Å². The molecule has 0 fully saturated rings. The van der Waals surface area contributed by atoms with Crippen LogP contribution in [0.4, 0.5) is 10.8 Å². The van der Waals surface area contributed by atoms with E-state index in [0.717, 1.165) is 33.4 Å². The summed E-state index contributed by atoms with van der Waals surface area (Å²) in [6.07, 6.45) is 0. The Morgan fingerprint density at radius 3 is 2.59 bits per heavy atom. The molecular weight excluding hydrogens is 360 g/mol. The van der Waals surface area contributed by atoms with Crippen molar-refractivity contribution < 1.29 is 9.47 Å². The third-order valence-electron chi connectivity index (χ3n) is 4.40. The first kappa shape index (κ1) is 17.4. The van der Waals surface area contributed by atoms with E-state index in [1.165, 1.54) is 16.9 Å². The van der Waals surface area contributed by atoms with Crippen LogP contribution in [-0.4, -0.2) is 28.8 Å². The Morgan fingerprint density at radius 1 is 1.00 bits per heavy atom. The molecule has 1 N–H and O–H groups in total. The number of hydrogen-bond donors (Lipinski definition) is 1. The summed E-state index contributed by atoms with van der Waals surface area (Å²) in [5.41, 5.74) is 5.00. The normalized spacial score (nSPS) is 11.0. The van der Waals surface area contributed by atoms with Gasteiger partial charge in [0.1, 0.15) is 5.69 Å². The lowest BCUT2D eigenvalue weighted by atomic mass is 10.2. The smallest absolute Gasteiger partial charge is 0.187 e. The van der Waals surface area contributed by atoms with Gasteiger partial charge in [0.15, 0.2) is 22.5 Å². The molecule has 27 heavy (non-hydrogen) atoms. The maximum atomic E-state index is 5.35. The lowest BCUT2D eigenvalue weighted by Gasteiger charge is -2.09. The Hall–Kier alpha value is -3.06. The molecule has 2 aromatic heterocycles. The van der Waals surface area contributed by atoms with Crippen molar-refractivity contribution in [3.63, 3.8) is 0 Å². The highest BCUT2D eigenvalue weighted by Crippen LogP contribution is 2.33. The lowest BCUT2D eigenvalue weighted by molar-refractivity contribution is 0.355. The summed E-state index contributed by atoms with van der Waals surface area (Å²) in [5, 5.41) is 6.12. The summed E-state index contributed by atoms with van der Waals surface area (Å²) >= 11 is 1.54. The third kappa shape index (κ3) is 3.21.